The number of para-hydroxylation sites is 1. The third-order valence-corrected chi connectivity index (χ3v) is 7.42. The van der Waals surface area contributed by atoms with Crippen molar-refractivity contribution in [3.05, 3.63) is 130 Å². The van der Waals surface area contributed by atoms with Gasteiger partial charge in [-0.2, -0.15) is 0 Å². The Morgan fingerprint density at radius 1 is 0.850 bits per heavy atom. The lowest BCUT2D eigenvalue weighted by atomic mass is 10.1. The molecule has 0 aliphatic carbocycles. The number of anilines is 2. The lowest BCUT2D eigenvalue weighted by Gasteiger charge is -2.14. The molecule has 4 rings (SSSR count). The molecule has 0 aliphatic rings. The summed E-state index contributed by atoms with van der Waals surface area (Å²) in [6.07, 6.45) is 1.29. The first kappa shape index (κ1) is 28.8. The maximum Gasteiger partial charge on any atom is 0.272 e. The number of nitrogens with one attached hydrogen (secondary N) is 3. The average Bonchev–Trinajstić information content (AvgIpc) is 2.95. The highest BCUT2D eigenvalue weighted by Crippen LogP contribution is 2.28. The van der Waals surface area contributed by atoms with Gasteiger partial charge in [-0.25, -0.2) is 4.39 Å². The van der Waals surface area contributed by atoms with E-state index in [1.165, 1.54) is 36.0 Å². The Kier molecular flexibility index (Phi) is 9.88. The quantitative estimate of drug-likeness (QED) is 0.138. The molecule has 202 valence electrons. The predicted octanol–water partition coefficient (Wildman–Crippen LogP) is 7.12. The molecule has 6 nitrogen and oxygen atoms in total. The predicted molar refractivity (Wildman–Crippen MR) is 161 cm³/mol. The zero-order chi connectivity index (χ0) is 28.5. The van der Waals surface area contributed by atoms with Crippen LogP contribution in [-0.2, 0) is 9.59 Å². The summed E-state index contributed by atoms with van der Waals surface area (Å²) in [6, 6.07) is 28.7. The van der Waals surface area contributed by atoms with Crippen molar-refractivity contribution in [2.24, 2.45) is 0 Å². The van der Waals surface area contributed by atoms with Crippen molar-refractivity contribution >= 4 is 62.9 Å². The molecule has 4 aromatic carbocycles. The van der Waals surface area contributed by atoms with Crippen molar-refractivity contribution < 1.29 is 18.8 Å². The first-order chi connectivity index (χ1) is 19.3. The SMILES string of the molecule is CC(Sc1cccc(NC(=O)/C(=C/c2ccccc2F)NC(=O)c2ccccc2)c1)C(=O)Nc1ccccc1Br. The Hall–Kier alpha value is -4.21. The molecule has 0 fully saturated rings. The average molecular weight is 619 g/mol. The summed E-state index contributed by atoms with van der Waals surface area (Å²) in [5.74, 6) is -1.85. The van der Waals surface area contributed by atoms with Gasteiger partial charge in [-0.3, -0.25) is 14.4 Å². The molecule has 0 spiro atoms. The fraction of sp³-hybridized carbons (Fsp3) is 0.0645. The third-order valence-electron chi connectivity index (χ3n) is 5.64. The summed E-state index contributed by atoms with van der Waals surface area (Å²) < 4.78 is 15.2. The van der Waals surface area contributed by atoms with Crippen LogP contribution < -0.4 is 16.0 Å². The topological polar surface area (TPSA) is 87.3 Å². The number of carbonyl (C=O) groups is 3. The van der Waals surface area contributed by atoms with Crippen LogP contribution in [0.15, 0.2) is 118 Å². The first-order valence-corrected chi connectivity index (χ1v) is 13.9. The fourth-order valence-electron chi connectivity index (χ4n) is 3.59. The van der Waals surface area contributed by atoms with E-state index in [1.807, 2.05) is 24.3 Å². The summed E-state index contributed by atoms with van der Waals surface area (Å²) in [5, 5.41) is 7.83. The minimum absolute atomic E-state index is 0.127. The van der Waals surface area contributed by atoms with Crippen molar-refractivity contribution in [2.75, 3.05) is 10.6 Å². The number of amides is 3. The van der Waals surface area contributed by atoms with E-state index in [2.05, 4.69) is 31.9 Å². The molecule has 0 saturated heterocycles. The van der Waals surface area contributed by atoms with Gasteiger partial charge in [0.1, 0.15) is 11.5 Å². The highest BCUT2D eigenvalue weighted by Gasteiger charge is 2.18. The van der Waals surface area contributed by atoms with Crippen molar-refractivity contribution in [3.8, 4) is 0 Å². The molecule has 3 amide bonds. The van der Waals surface area contributed by atoms with Gasteiger partial charge in [-0.05, 0) is 77.5 Å². The molecule has 0 aromatic heterocycles. The molecular formula is C31H25BrFN3O3S. The first-order valence-electron chi connectivity index (χ1n) is 12.3. The Morgan fingerprint density at radius 3 is 2.30 bits per heavy atom. The second-order valence-electron chi connectivity index (χ2n) is 8.61. The minimum atomic E-state index is -0.630. The van der Waals surface area contributed by atoms with Crippen LogP contribution in [0, 0.1) is 5.82 Å². The van der Waals surface area contributed by atoms with Crippen molar-refractivity contribution in [1.82, 2.24) is 5.32 Å². The smallest absolute Gasteiger partial charge is 0.272 e. The molecule has 0 saturated carbocycles. The minimum Gasteiger partial charge on any atom is -0.324 e. The summed E-state index contributed by atoms with van der Waals surface area (Å²) >= 11 is 4.75. The van der Waals surface area contributed by atoms with E-state index in [9.17, 15) is 18.8 Å². The number of thioether (sulfide) groups is 1. The molecule has 4 aromatic rings. The monoisotopic (exact) mass is 617 g/mol. The van der Waals surface area contributed by atoms with Crippen LogP contribution in [0.5, 0.6) is 0 Å². The van der Waals surface area contributed by atoms with Gasteiger partial charge < -0.3 is 16.0 Å². The number of benzene rings is 4. The van der Waals surface area contributed by atoms with Gasteiger partial charge in [0, 0.05) is 26.2 Å². The highest BCUT2D eigenvalue weighted by atomic mass is 79.9. The van der Waals surface area contributed by atoms with Gasteiger partial charge in [0.2, 0.25) is 5.91 Å². The van der Waals surface area contributed by atoms with Gasteiger partial charge in [-0.15, -0.1) is 11.8 Å². The van der Waals surface area contributed by atoms with Crippen molar-refractivity contribution in [2.45, 2.75) is 17.1 Å². The number of hydrogen-bond acceptors (Lipinski definition) is 4. The van der Waals surface area contributed by atoms with Crippen LogP contribution in [0.4, 0.5) is 15.8 Å². The molecule has 1 unspecified atom stereocenters. The Bertz CT molecular complexity index is 1560. The molecule has 0 aliphatic heterocycles. The van der Waals surface area contributed by atoms with Crippen LogP contribution in [0.25, 0.3) is 6.08 Å². The van der Waals surface area contributed by atoms with Gasteiger partial charge in [0.05, 0.1) is 10.9 Å². The summed E-state index contributed by atoms with van der Waals surface area (Å²) in [6.45, 7) is 1.79. The number of rotatable bonds is 9. The normalized spacial score (nSPS) is 11.8. The second kappa shape index (κ2) is 13.7. The summed E-state index contributed by atoms with van der Waals surface area (Å²) in [4.78, 5) is 39.6. The Balaban J connectivity index is 1.49. The number of halogens is 2. The molecule has 3 N–H and O–H groups in total. The maximum absolute atomic E-state index is 14.4. The van der Waals surface area contributed by atoms with E-state index in [4.69, 9.17) is 0 Å². The van der Waals surface area contributed by atoms with E-state index in [-0.39, 0.29) is 17.2 Å². The van der Waals surface area contributed by atoms with E-state index < -0.39 is 22.9 Å². The van der Waals surface area contributed by atoms with Gasteiger partial charge >= 0.3 is 0 Å². The standard InChI is InChI=1S/C31H25BrFN3O3S/c1-20(29(37)35-27-17-8-6-15-25(27)32)40-24-14-9-13-23(19-24)34-31(39)28(18-22-12-5-7-16-26(22)33)36-30(38)21-10-3-2-4-11-21/h2-20H,1H3,(H,34,39)(H,35,37)(H,36,38)/b28-18-. The van der Waals surface area contributed by atoms with Crippen molar-refractivity contribution in [1.29, 1.82) is 0 Å². The fourth-order valence-corrected chi connectivity index (χ4v) is 4.90. The molecule has 0 radical (unpaired) electrons. The van der Waals surface area contributed by atoms with Gasteiger partial charge in [-0.1, -0.05) is 54.6 Å². The van der Waals surface area contributed by atoms with Gasteiger partial charge in [0.15, 0.2) is 0 Å². The molecular weight excluding hydrogens is 593 g/mol. The van der Waals surface area contributed by atoms with Crippen molar-refractivity contribution in [3.63, 3.8) is 0 Å². The Morgan fingerprint density at radius 2 is 1.55 bits per heavy atom. The van der Waals surface area contributed by atoms with Crippen LogP contribution in [0.2, 0.25) is 0 Å². The summed E-state index contributed by atoms with van der Waals surface area (Å²) in [5.41, 5.74) is 1.49. The lowest BCUT2D eigenvalue weighted by Crippen LogP contribution is -2.30. The Labute approximate surface area is 244 Å². The zero-order valence-electron chi connectivity index (χ0n) is 21.4. The third kappa shape index (κ3) is 7.91. The van der Waals surface area contributed by atoms with Crippen LogP contribution in [-0.4, -0.2) is 23.0 Å². The van der Waals surface area contributed by atoms with Crippen LogP contribution in [0.1, 0.15) is 22.8 Å². The second-order valence-corrected chi connectivity index (χ2v) is 10.9. The van der Waals surface area contributed by atoms with Gasteiger partial charge in [0.25, 0.3) is 11.8 Å². The van der Waals surface area contributed by atoms with Crippen LogP contribution >= 0.6 is 27.7 Å². The number of carbonyl (C=O) groups excluding carboxylic acids is 3. The van der Waals surface area contributed by atoms with E-state index in [0.29, 0.717) is 16.9 Å². The largest absolute Gasteiger partial charge is 0.324 e. The lowest BCUT2D eigenvalue weighted by molar-refractivity contribution is -0.115. The van der Waals surface area contributed by atoms with E-state index in [0.717, 1.165) is 9.37 Å². The number of hydrogen-bond donors (Lipinski definition) is 3. The molecule has 1 atom stereocenters. The highest BCUT2D eigenvalue weighted by molar-refractivity contribution is 9.10. The van der Waals surface area contributed by atoms with Crippen LogP contribution in [0.3, 0.4) is 0 Å². The molecule has 0 heterocycles. The molecule has 9 heteroatoms. The molecule has 0 bridgehead atoms. The van der Waals surface area contributed by atoms with E-state index in [1.54, 1.807) is 67.6 Å². The van der Waals surface area contributed by atoms with E-state index >= 15 is 0 Å². The summed E-state index contributed by atoms with van der Waals surface area (Å²) in [7, 11) is 0. The zero-order valence-corrected chi connectivity index (χ0v) is 23.8. The molecule has 40 heavy (non-hydrogen) atoms. The maximum atomic E-state index is 14.4.